The van der Waals surface area contributed by atoms with Crippen LogP contribution in [0.2, 0.25) is 0 Å². The summed E-state index contributed by atoms with van der Waals surface area (Å²) in [5, 5.41) is 17.0. The summed E-state index contributed by atoms with van der Waals surface area (Å²) in [5.41, 5.74) is -0.285. The topological polar surface area (TPSA) is 51.9 Å². The van der Waals surface area contributed by atoms with Gasteiger partial charge in [-0.1, -0.05) is 20.8 Å². The minimum Gasteiger partial charge on any atom is -0.240 e. The molecule has 0 radical (unpaired) electrons. The van der Waals surface area contributed by atoms with E-state index in [1.54, 1.807) is 32.9 Å². The van der Waals surface area contributed by atoms with Crippen molar-refractivity contribution in [2.75, 3.05) is 0 Å². The lowest BCUT2D eigenvalue weighted by atomic mass is 9.89. The van der Waals surface area contributed by atoms with E-state index in [1.165, 1.54) is 0 Å². The summed E-state index contributed by atoms with van der Waals surface area (Å²) in [6, 6.07) is 3.43. The molecule has 3 heteroatoms. The van der Waals surface area contributed by atoms with E-state index in [0.717, 1.165) is 0 Å². The minimum absolute atomic E-state index is 0.0856. The maximum Gasteiger partial charge on any atom is 0.198 e. The fraction of sp³-hybridized carbons (Fsp3) is 0.444. The van der Waals surface area contributed by atoms with Crippen LogP contribution in [-0.4, -0.2) is 0 Å². The summed E-state index contributed by atoms with van der Waals surface area (Å²) in [7, 11) is 0. The molecule has 0 saturated carbocycles. The molecule has 0 saturated heterocycles. The van der Waals surface area contributed by atoms with Gasteiger partial charge in [0.25, 0.3) is 0 Å². The molecular weight excluding hydrogens is 150 g/mol. The Labute approximate surface area is 72.4 Å². The van der Waals surface area contributed by atoms with Crippen molar-refractivity contribution in [1.29, 1.82) is 10.5 Å². The van der Waals surface area contributed by atoms with Gasteiger partial charge in [0.05, 0.1) is 18.7 Å². The van der Waals surface area contributed by atoms with E-state index in [1.807, 2.05) is 0 Å². The van der Waals surface area contributed by atoms with Crippen LogP contribution in [0.3, 0.4) is 0 Å². The van der Waals surface area contributed by atoms with Crippen LogP contribution in [0.4, 0.5) is 0 Å². The molecule has 0 aromatic carbocycles. The monoisotopic (exact) mass is 159 g/mol. The van der Waals surface area contributed by atoms with Crippen LogP contribution in [0.15, 0.2) is 11.3 Å². The standard InChI is InChI=1S/C9H9N3/c1-9(2,3)8(12-4)7(5-10)6-11/h1-3H3. The van der Waals surface area contributed by atoms with Crippen molar-refractivity contribution in [3.8, 4) is 12.1 Å². The average Bonchev–Trinajstić information content (AvgIpc) is 1.97. The number of rotatable bonds is 0. The third-order valence-electron chi connectivity index (χ3n) is 1.28. The number of hydrogen-bond donors (Lipinski definition) is 0. The van der Waals surface area contributed by atoms with Gasteiger partial charge in [0.1, 0.15) is 5.57 Å². The highest BCUT2D eigenvalue weighted by Gasteiger charge is 2.22. The molecule has 0 atom stereocenters. The second kappa shape index (κ2) is 3.56. The van der Waals surface area contributed by atoms with Crippen LogP contribution in [0.25, 0.3) is 4.85 Å². The lowest BCUT2D eigenvalue weighted by molar-refractivity contribution is 0.514. The summed E-state index contributed by atoms with van der Waals surface area (Å²) >= 11 is 0. The van der Waals surface area contributed by atoms with Crippen LogP contribution < -0.4 is 0 Å². The lowest BCUT2D eigenvalue weighted by Gasteiger charge is -2.15. The number of nitrogens with zero attached hydrogens (tertiary/aromatic N) is 3. The molecule has 0 heterocycles. The quantitative estimate of drug-likeness (QED) is 0.402. The minimum atomic E-state index is -0.428. The average molecular weight is 159 g/mol. The Morgan fingerprint density at radius 2 is 1.67 bits per heavy atom. The number of nitriles is 2. The summed E-state index contributed by atoms with van der Waals surface area (Å²) in [4.78, 5) is 3.19. The molecule has 0 fully saturated rings. The Balaban J connectivity index is 5.39. The van der Waals surface area contributed by atoms with Crippen molar-refractivity contribution in [3.05, 3.63) is 22.7 Å². The molecular formula is C9H9N3. The van der Waals surface area contributed by atoms with Gasteiger partial charge in [-0.2, -0.15) is 10.5 Å². The predicted octanol–water partition coefficient (Wildman–Crippen LogP) is 2.25. The third-order valence-corrected chi connectivity index (χ3v) is 1.28. The molecule has 12 heavy (non-hydrogen) atoms. The highest BCUT2D eigenvalue weighted by Crippen LogP contribution is 2.28. The Morgan fingerprint density at radius 3 is 1.75 bits per heavy atom. The van der Waals surface area contributed by atoms with Crippen molar-refractivity contribution in [2.45, 2.75) is 20.8 Å². The molecule has 0 aromatic rings. The summed E-state index contributed by atoms with van der Waals surface area (Å²) in [5.74, 6) is 0. The highest BCUT2D eigenvalue weighted by atomic mass is 14.7. The molecule has 0 amide bonds. The molecule has 0 bridgehead atoms. The largest absolute Gasteiger partial charge is 0.240 e. The zero-order chi connectivity index (χ0) is 9.78. The smallest absolute Gasteiger partial charge is 0.198 e. The van der Waals surface area contributed by atoms with E-state index < -0.39 is 5.41 Å². The maximum atomic E-state index is 8.52. The predicted molar refractivity (Wildman–Crippen MR) is 44.3 cm³/mol. The van der Waals surface area contributed by atoms with Gasteiger partial charge in [0.2, 0.25) is 0 Å². The SMILES string of the molecule is [C-]#[N+]C(=C(C#N)C#N)C(C)(C)C. The molecule has 0 rings (SSSR count). The van der Waals surface area contributed by atoms with Gasteiger partial charge < -0.3 is 0 Å². The first-order valence-corrected chi connectivity index (χ1v) is 3.39. The van der Waals surface area contributed by atoms with Crippen LogP contribution >= 0.6 is 0 Å². The summed E-state index contributed by atoms with van der Waals surface area (Å²) in [6.45, 7) is 12.2. The van der Waals surface area contributed by atoms with E-state index in [9.17, 15) is 0 Å². The van der Waals surface area contributed by atoms with Gasteiger partial charge in [0, 0.05) is 0 Å². The fourth-order valence-electron chi connectivity index (χ4n) is 0.730. The molecule has 0 aliphatic carbocycles. The van der Waals surface area contributed by atoms with Gasteiger partial charge in [-0.3, -0.25) is 0 Å². The Kier molecular flexibility index (Phi) is 3.03. The van der Waals surface area contributed by atoms with Crippen molar-refractivity contribution in [3.63, 3.8) is 0 Å². The molecule has 60 valence electrons. The molecule has 0 unspecified atom stereocenters. The molecule has 0 aliphatic heterocycles. The van der Waals surface area contributed by atoms with Crippen LogP contribution in [0, 0.1) is 34.6 Å². The lowest BCUT2D eigenvalue weighted by Crippen LogP contribution is -2.08. The zero-order valence-electron chi connectivity index (χ0n) is 7.34. The molecule has 0 spiro atoms. The van der Waals surface area contributed by atoms with Crippen molar-refractivity contribution in [1.82, 2.24) is 0 Å². The van der Waals surface area contributed by atoms with E-state index in [0.29, 0.717) is 0 Å². The first-order chi connectivity index (χ1) is 5.47. The molecule has 0 aliphatic rings. The molecule has 0 N–H and O–H groups in total. The Morgan fingerprint density at radius 1 is 1.25 bits per heavy atom. The Bertz CT molecular complexity index is 307. The van der Waals surface area contributed by atoms with E-state index in [2.05, 4.69) is 4.85 Å². The van der Waals surface area contributed by atoms with Crippen molar-refractivity contribution < 1.29 is 0 Å². The summed E-state index contributed by atoms with van der Waals surface area (Å²) < 4.78 is 0. The fourth-order valence-corrected chi connectivity index (χ4v) is 0.730. The van der Waals surface area contributed by atoms with Gasteiger partial charge >= 0.3 is 0 Å². The second-order valence-corrected chi connectivity index (χ2v) is 3.31. The van der Waals surface area contributed by atoms with Crippen molar-refractivity contribution in [2.24, 2.45) is 5.41 Å². The van der Waals surface area contributed by atoms with Gasteiger partial charge in [-0.25, -0.2) is 4.85 Å². The van der Waals surface area contributed by atoms with E-state index >= 15 is 0 Å². The molecule has 3 nitrogen and oxygen atoms in total. The van der Waals surface area contributed by atoms with Crippen LogP contribution in [0.5, 0.6) is 0 Å². The second-order valence-electron chi connectivity index (χ2n) is 3.31. The van der Waals surface area contributed by atoms with E-state index in [4.69, 9.17) is 17.1 Å². The summed E-state index contributed by atoms with van der Waals surface area (Å²) in [6.07, 6.45) is 0. The van der Waals surface area contributed by atoms with Gasteiger partial charge in [-0.05, 0) is 5.41 Å². The molecule has 0 aromatic heterocycles. The van der Waals surface area contributed by atoms with E-state index in [-0.39, 0.29) is 11.3 Å². The van der Waals surface area contributed by atoms with Crippen molar-refractivity contribution >= 4 is 0 Å². The highest BCUT2D eigenvalue weighted by molar-refractivity contribution is 5.44. The Hall–Kier alpha value is -1.79. The van der Waals surface area contributed by atoms with Crippen LogP contribution in [0.1, 0.15) is 20.8 Å². The third kappa shape index (κ3) is 2.11. The normalized spacial score (nSPS) is 9.00. The first-order valence-electron chi connectivity index (χ1n) is 3.39. The maximum absolute atomic E-state index is 8.52. The van der Waals surface area contributed by atoms with Gasteiger partial charge in [0.15, 0.2) is 5.70 Å². The number of allylic oxidation sites excluding steroid dienone is 2. The van der Waals surface area contributed by atoms with Crippen LogP contribution in [-0.2, 0) is 0 Å². The number of hydrogen-bond acceptors (Lipinski definition) is 2. The zero-order valence-corrected chi connectivity index (χ0v) is 7.34. The van der Waals surface area contributed by atoms with Gasteiger partial charge in [-0.15, -0.1) is 0 Å². The first kappa shape index (κ1) is 10.2.